The molecule has 0 spiro atoms. The fourth-order valence-electron chi connectivity index (χ4n) is 0. The van der Waals surface area contributed by atoms with Crippen molar-refractivity contribution in [3.05, 3.63) is 13.2 Å². The number of hydrogen-bond donors (Lipinski definition) is 4. The SMILES string of the molecule is C=C.N.N.O=S(=O)(O)O.[Fe]. The molecule has 0 bridgehead atoms. The monoisotopic (exact) mass is 216 g/mol. The van der Waals surface area contributed by atoms with Crippen LogP contribution in [-0.2, 0) is 27.5 Å². The molecule has 8 heteroatoms. The van der Waals surface area contributed by atoms with E-state index in [0.717, 1.165) is 0 Å². The van der Waals surface area contributed by atoms with Crippen LogP contribution in [0.5, 0.6) is 0 Å². The zero-order valence-electron chi connectivity index (χ0n) is 5.30. The molecule has 0 aromatic rings. The van der Waals surface area contributed by atoms with E-state index in [1.165, 1.54) is 0 Å². The molecule has 0 aromatic carbocycles. The summed E-state index contributed by atoms with van der Waals surface area (Å²) in [5.74, 6) is 0. The van der Waals surface area contributed by atoms with Crippen LogP contribution < -0.4 is 12.3 Å². The Balaban J connectivity index is -0.0000000154. The molecular weight excluding hydrogens is 204 g/mol. The van der Waals surface area contributed by atoms with E-state index >= 15 is 0 Å². The molecule has 0 aliphatic heterocycles. The summed E-state index contributed by atoms with van der Waals surface area (Å²) >= 11 is 0. The van der Waals surface area contributed by atoms with E-state index in [1.54, 1.807) is 0 Å². The molecule has 68 valence electrons. The third kappa shape index (κ3) is 163000. The maximum absolute atomic E-state index is 8.74. The third-order valence-corrected chi connectivity index (χ3v) is 0. The van der Waals surface area contributed by atoms with Crippen LogP contribution in [0, 0.1) is 0 Å². The van der Waals surface area contributed by atoms with E-state index in [4.69, 9.17) is 17.5 Å². The van der Waals surface area contributed by atoms with Gasteiger partial charge >= 0.3 is 10.4 Å². The van der Waals surface area contributed by atoms with Gasteiger partial charge < -0.3 is 12.3 Å². The Morgan fingerprint density at radius 3 is 1.00 bits per heavy atom. The van der Waals surface area contributed by atoms with Gasteiger partial charge in [0.25, 0.3) is 0 Å². The standard InChI is InChI=1S/C2H4.Fe.2H3N.H2O4S/c1-2;;;;1-5(2,3)4/h1-2H2;;2*1H3;(H2,1,2,3,4). The molecule has 0 unspecified atom stereocenters. The predicted molar refractivity (Wildman–Crippen MR) is 35.5 cm³/mol. The molecule has 10 heavy (non-hydrogen) atoms. The summed E-state index contributed by atoms with van der Waals surface area (Å²) in [6, 6.07) is 0. The zero-order chi connectivity index (χ0) is 6.50. The van der Waals surface area contributed by atoms with Gasteiger partial charge in [0.2, 0.25) is 0 Å². The van der Waals surface area contributed by atoms with E-state index in [0.29, 0.717) is 0 Å². The molecule has 0 saturated heterocycles. The largest absolute Gasteiger partial charge is 0.394 e. The summed E-state index contributed by atoms with van der Waals surface area (Å²) < 4.78 is 31.6. The van der Waals surface area contributed by atoms with Crippen LogP contribution in [-0.4, -0.2) is 17.5 Å². The summed E-state index contributed by atoms with van der Waals surface area (Å²) in [5, 5.41) is 0. The van der Waals surface area contributed by atoms with E-state index in [-0.39, 0.29) is 29.4 Å². The Hall–Kier alpha value is 0.0495. The van der Waals surface area contributed by atoms with E-state index in [9.17, 15) is 0 Å². The maximum Gasteiger partial charge on any atom is 0.394 e. The second-order valence-electron chi connectivity index (χ2n) is 0.448. The third-order valence-electron chi connectivity index (χ3n) is 0. The summed E-state index contributed by atoms with van der Waals surface area (Å²) in [5.41, 5.74) is 0. The van der Waals surface area contributed by atoms with Crippen molar-refractivity contribution in [1.82, 2.24) is 12.3 Å². The van der Waals surface area contributed by atoms with Gasteiger partial charge in [-0.2, -0.15) is 8.42 Å². The Bertz CT molecular complexity index is 115. The molecule has 8 N–H and O–H groups in total. The Morgan fingerprint density at radius 2 is 1.00 bits per heavy atom. The van der Waals surface area contributed by atoms with Gasteiger partial charge in [-0.1, -0.05) is 0 Å². The topological polar surface area (TPSA) is 145 Å². The van der Waals surface area contributed by atoms with Crippen molar-refractivity contribution in [2.75, 3.05) is 0 Å². The van der Waals surface area contributed by atoms with Crippen LogP contribution in [0.25, 0.3) is 0 Å². The van der Waals surface area contributed by atoms with Gasteiger partial charge in [0, 0.05) is 17.1 Å². The first-order valence-corrected chi connectivity index (χ1v) is 2.60. The zero-order valence-corrected chi connectivity index (χ0v) is 7.22. The van der Waals surface area contributed by atoms with Crippen molar-refractivity contribution in [2.45, 2.75) is 0 Å². The van der Waals surface area contributed by atoms with Crippen LogP contribution in [0.1, 0.15) is 0 Å². The van der Waals surface area contributed by atoms with Gasteiger partial charge in [0.05, 0.1) is 0 Å². The molecule has 0 amide bonds. The van der Waals surface area contributed by atoms with Crippen molar-refractivity contribution in [3.63, 3.8) is 0 Å². The van der Waals surface area contributed by atoms with Crippen molar-refractivity contribution in [3.8, 4) is 0 Å². The molecule has 0 aliphatic carbocycles. The van der Waals surface area contributed by atoms with Crippen molar-refractivity contribution in [2.24, 2.45) is 0 Å². The average molecular weight is 216 g/mol. The molecular formula is C2H12FeN2O4S. The Kier molecular flexibility index (Phi) is 51.7. The fourth-order valence-corrected chi connectivity index (χ4v) is 0. The first-order chi connectivity index (χ1) is 3.00. The van der Waals surface area contributed by atoms with Crippen molar-refractivity contribution < 1.29 is 34.6 Å². The summed E-state index contributed by atoms with van der Waals surface area (Å²) in [4.78, 5) is 0. The van der Waals surface area contributed by atoms with Gasteiger partial charge in [-0.25, -0.2) is 0 Å². The van der Waals surface area contributed by atoms with Crippen molar-refractivity contribution >= 4 is 10.4 Å². The van der Waals surface area contributed by atoms with Crippen LogP contribution in [0.15, 0.2) is 13.2 Å². The molecule has 6 nitrogen and oxygen atoms in total. The maximum atomic E-state index is 8.74. The summed E-state index contributed by atoms with van der Waals surface area (Å²) in [6.07, 6.45) is 0. The van der Waals surface area contributed by atoms with Crippen LogP contribution >= 0.6 is 0 Å². The number of rotatable bonds is 0. The van der Waals surface area contributed by atoms with E-state index in [1.807, 2.05) is 0 Å². The Morgan fingerprint density at radius 1 is 1.00 bits per heavy atom. The minimum absolute atomic E-state index is 0. The molecule has 0 heterocycles. The molecule has 0 aliphatic rings. The quantitative estimate of drug-likeness (QED) is 0.263. The second-order valence-corrected chi connectivity index (χ2v) is 1.34. The molecule has 0 radical (unpaired) electrons. The minimum atomic E-state index is -4.67. The Labute approximate surface area is 70.9 Å². The number of hydrogen-bond acceptors (Lipinski definition) is 4. The molecule has 0 saturated carbocycles. The van der Waals surface area contributed by atoms with Crippen LogP contribution in [0.4, 0.5) is 0 Å². The van der Waals surface area contributed by atoms with E-state index in [2.05, 4.69) is 13.2 Å². The summed E-state index contributed by atoms with van der Waals surface area (Å²) in [6.45, 7) is 6.00. The average Bonchev–Trinajstić information content (AvgIpc) is 1.36. The molecule has 0 aromatic heterocycles. The van der Waals surface area contributed by atoms with Crippen LogP contribution in [0.2, 0.25) is 0 Å². The molecule has 0 fully saturated rings. The van der Waals surface area contributed by atoms with Gasteiger partial charge in [-0.3, -0.25) is 9.11 Å². The fraction of sp³-hybridized carbons (Fsp3) is 0. The summed E-state index contributed by atoms with van der Waals surface area (Å²) in [7, 11) is -4.67. The van der Waals surface area contributed by atoms with Crippen molar-refractivity contribution in [1.29, 1.82) is 0 Å². The molecule has 0 rings (SSSR count). The molecule has 0 atom stereocenters. The van der Waals surface area contributed by atoms with Crippen LogP contribution in [0.3, 0.4) is 0 Å². The smallest absolute Gasteiger partial charge is 0.344 e. The first-order valence-electron chi connectivity index (χ1n) is 1.20. The second kappa shape index (κ2) is 16.0. The predicted octanol–water partition coefficient (Wildman–Crippen LogP) is 0.471. The van der Waals surface area contributed by atoms with Gasteiger partial charge in [0.15, 0.2) is 0 Å². The van der Waals surface area contributed by atoms with Gasteiger partial charge in [-0.15, -0.1) is 13.2 Å². The van der Waals surface area contributed by atoms with Gasteiger partial charge in [-0.05, 0) is 0 Å². The minimum Gasteiger partial charge on any atom is -0.344 e. The normalized spacial score (nSPS) is 6.20. The van der Waals surface area contributed by atoms with Gasteiger partial charge in [0.1, 0.15) is 0 Å². The first kappa shape index (κ1) is 32.3. The van der Waals surface area contributed by atoms with E-state index < -0.39 is 10.4 Å².